The average Bonchev–Trinajstić information content (AvgIpc) is 2.28. The zero-order chi connectivity index (χ0) is 12.7. The normalized spacial score (nSPS) is 9.53. The van der Waals surface area contributed by atoms with Gasteiger partial charge >= 0.3 is 6.09 Å². The van der Waals surface area contributed by atoms with E-state index in [9.17, 15) is 9.18 Å². The molecule has 92 valence electrons. The molecule has 0 aliphatic carbocycles. The largest absolute Gasteiger partial charge is 0.450 e. The molecular weight excluding hydrogens is 243 g/mol. The van der Waals surface area contributed by atoms with Crippen molar-refractivity contribution in [3.05, 3.63) is 35.6 Å². The molecule has 0 aliphatic rings. The zero-order valence-electron chi connectivity index (χ0n) is 9.33. The van der Waals surface area contributed by atoms with Crippen LogP contribution in [0.2, 0.25) is 0 Å². The molecule has 0 spiro atoms. The van der Waals surface area contributed by atoms with Gasteiger partial charge < -0.3 is 10.1 Å². The molecule has 0 saturated carbocycles. The molecule has 0 aliphatic heterocycles. The molecule has 0 saturated heterocycles. The number of halogens is 1. The Morgan fingerprint density at radius 1 is 1.47 bits per heavy atom. The van der Waals surface area contributed by atoms with Crippen molar-refractivity contribution < 1.29 is 13.9 Å². The number of carbonyl (C=O) groups is 1. The third-order valence-electron chi connectivity index (χ3n) is 1.89. The van der Waals surface area contributed by atoms with Crippen molar-refractivity contribution in [1.82, 2.24) is 10.6 Å². The summed E-state index contributed by atoms with van der Waals surface area (Å²) >= 11 is 4.84. The fourth-order valence-electron chi connectivity index (χ4n) is 1.12. The Kier molecular flexibility index (Phi) is 5.35. The van der Waals surface area contributed by atoms with Gasteiger partial charge in [-0.3, -0.25) is 5.32 Å². The van der Waals surface area contributed by atoms with Crippen molar-refractivity contribution in [2.75, 3.05) is 6.61 Å². The summed E-state index contributed by atoms with van der Waals surface area (Å²) in [6.45, 7) is 2.16. The zero-order valence-corrected chi connectivity index (χ0v) is 10.1. The third kappa shape index (κ3) is 4.78. The highest BCUT2D eigenvalue weighted by atomic mass is 32.1. The van der Waals surface area contributed by atoms with Crippen LogP contribution >= 0.6 is 12.2 Å². The molecule has 0 atom stereocenters. The number of carbonyl (C=O) groups excluding carboxylic acids is 1. The van der Waals surface area contributed by atoms with Crippen molar-refractivity contribution in [2.24, 2.45) is 0 Å². The lowest BCUT2D eigenvalue weighted by atomic mass is 10.2. The van der Waals surface area contributed by atoms with Gasteiger partial charge in [0.15, 0.2) is 5.11 Å². The first-order valence-electron chi connectivity index (χ1n) is 5.08. The quantitative estimate of drug-likeness (QED) is 0.812. The number of alkyl carbamates (subject to hydrolysis) is 1. The Morgan fingerprint density at radius 2 is 2.18 bits per heavy atom. The van der Waals surface area contributed by atoms with Gasteiger partial charge in [-0.2, -0.15) is 0 Å². The van der Waals surface area contributed by atoms with Gasteiger partial charge in [-0.15, -0.1) is 0 Å². The van der Waals surface area contributed by atoms with Gasteiger partial charge in [-0.1, -0.05) is 18.2 Å². The number of amides is 1. The summed E-state index contributed by atoms with van der Waals surface area (Å²) in [6, 6.07) is 6.32. The third-order valence-corrected chi connectivity index (χ3v) is 2.13. The lowest BCUT2D eigenvalue weighted by molar-refractivity contribution is 0.157. The van der Waals surface area contributed by atoms with Crippen LogP contribution in [0.4, 0.5) is 9.18 Å². The van der Waals surface area contributed by atoms with Crippen molar-refractivity contribution >= 4 is 23.4 Å². The molecule has 0 heterocycles. The lowest BCUT2D eigenvalue weighted by Crippen LogP contribution is -2.39. The van der Waals surface area contributed by atoms with Crippen LogP contribution in [0.3, 0.4) is 0 Å². The molecule has 0 fully saturated rings. The van der Waals surface area contributed by atoms with Gasteiger partial charge in [-0.25, -0.2) is 9.18 Å². The maximum atomic E-state index is 13.2. The Balaban J connectivity index is 2.38. The van der Waals surface area contributed by atoms with E-state index in [-0.39, 0.29) is 24.1 Å². The average molecular weight is 256 g/mol. The van der Waals surface area contributed by atoms with Crippen LogP contribution in [0.15, 0.2) is 24.3 Å². The van der Waals surface area contributed by atoms with Gasteiger partial charge in [0.25, 0.3) is 0 Å². The summed E-state index contributed by atoms with van der Waals surface area (Å²) in [4.78, 5) is 11.0. The second-order valence-corrected chi connectivity index (χ2v) is 3.53. The van der Waals surface area contributed by atoms with Gasteiger partial charge in [0, 0.05) is 12.1 Å². The molecule has 0 bridgehead atoms. The number of thiocarbonyl (C=S) groups is 1. The smallest absolute Gasteiger partial charge is 0.413 e. The fourth-order valence-corrected chi connectivity index (χ4v) is 1.28. The fraction of sp³-hybridized carbons (Fsp3) is 0.273. The summed E-state index contributed by atoms with van der Waals surface area (Å²) in [7, 11) is 0. The van der Waals surface area contributed by atoms with Gasteiger partial charge in [0.1, 0.15) is 5.82 Å². The lowest BCUT2D eigenvalue weighted by Gasteiger charge is -2.09. The number of benzene rings is 1. The number of hydrogen-bond acceptors (Lipinski definition) is 3. The summed E-state index contributed by atoms with van der Waals surface area (Å²) in [6.07, 6.45) is -0.626. The molecule has 2 N–H and O–H groups in total. The molecule has 1 amide bonds. The highest BCUT2D eigenvalue weighted by molar-refractivity contribution is 7.80. The first kappa shape index (κ1) is 13.4. The Labute approximate surface area is 104 Å². The predicted octanol–water partition coefficient (Wildman–Crippen LogP) is 1.95. The van der Waals surface area contributed by atoms with Gasteiger partial charge in [-0.05, 0) is 25.2 Å². The van der Waals surface area contributed by atoms with E-state index in [1.54, 1.807) is 25.1 Å². The van der Waals surface area contributed by atoms with Crippen LogP contribution in [-0.4, -0.2) is 17.8 Å². The summed E-state index contributed by atoms with van der Waals surface area (Å²) in [5.74, 6) is -0.320. The van der Waals surface area contributed by atoms with E-state index in [1.165, 1.54) is 6.07 Å². The van der Waals surface area contributed by atoms with E-state index >= 15 is 0 Å². The first-order chi connectivity index (χ1) is 8.13. The van der Waals surface area contributed by atoms with E-state index in [1.807, 2.05) is 0 Å². The predicted molar refractivity (Wildman–Crippen MR) is 66.0 cm³/mol. The second kappa shape index (κ2) is 6.80. The Bertz CT molecular complexity index is 412. The van der Waals surface area contributed by atoms with Crippen molar-refractivity contribution in [3.63, 3.8) is 0 Å². The summed E-state index contributed by atoms with van der Waals surface area (Å²) in [5, 5.41) is 5.12. The second-order valence-electron chi connectivity index (χ2n) is 3.12. The maximum Gasteiger partial charge on any atom is 0.413 e. The van der Waals surface area contributed by atoms with Crippen LogP contribution in [0.25, 0.3) is 0 Å². The highest BCUT2D eigenvalue weighted by Crippen LogP contribution is 2.05. The standard InChI is InChI=1S/C11H13FN2O2S/c1-2-16-11(15)14-10(17)13-7-8-5-3-4-6-9(8)12/h3-6H,2,7H2,1H3,(H2,13,14,15,17). The molecular formula is C11H13FN2O2S. The molecule has 1 aromatic carbocycles. The molecule has 0 unspecified atom stereocenters. The molecule has 17 heavy (non-hydrogen) atoms. The van der Waals surface area contributed by atoms with Crippen LogP contribution < -0.4 is 10.6 Å². The summed E-state index contributed by atoms with van der Waals surface area (Å²) in [5.41, 5.74) is 0.473. The SMILES string of the molecule is CCOC(=O)NC(=S)NCc1ccccc1F. The Morgan fingerprint density at radius 3 is 2.82 bits per heavy atom. The minimum atomic E-state index is -0.626. The van der Waals surface area contributed by atoms with Crippen molar-refractivity contribution in [1.29, 1.82) is 0 Å². The number of hydrogen-bond donors (Lipinski definition) is 2. The molecule has 0 aromatic heterocycles. The molecule has 0 radical (unpaired) electrons. The van der Waals surface area contributed by atoms with Crippen molar-refractivity contribution in [2.45, 2.75) is 13.5 Å². The van der Waals surface area contributed by atoms with E-state index in [4.69, 9.17) is 12.2 Å². The van der Waals surface area contributed by atoms with E-state index in [0.29, 0.717) is 5.56 Å². The van der Waals surface area contributed by atoms with Gasteiger partial charge in [0.2, 0.25) is 0 Å². The van der Waals surface area contributed by atoms with Crippen LogP contribution in [0.5, 0.6) is 0 Å². The van der Waals surface area contributed by atoms with Crippen LogP contribution in [-0.2, 0) is 11.3 Å². The molecule has 1 rings (SSSR count). The summed E-state index contributed by atoms with van der Waals surface area (Å²) < 4.78 is 17.9. The van der Waals surface area contributed by atoms with Crippen LogP contribution in [0.1, 0.15) is 12.5 Å². The molecule has 6 heteroatoms. The van der Waals surface area contributed by atoms with Gasteiger partial charge in [0.05, 0.1) is 6.61 Å². The van der Waals surface area contributed by atoms with E-state index in [2.05, 4.69) is 15.4 Å². The highest BCUT2D eigenvalue weighted by Gasteiger charge is 2.05. The number of nitrogens with one attached hydrogen (secondary N) is 2. The molecule has 1 aromatic rings. The molecule has 4 nitrogen and oxygen atoms in total. The van der Waals surface area contributed by atoms with E-state index in [0.717, 1.165) is 0 Å². The monoisotopic (exact) mass is 256 g/mol. The minimum absolute atomic E-state index is 0.103. The maximum absolute atomic E-state index is 13.2. The first-order valence-corrected chi connectivity index (χ1v) is 5.49. The van der Waals surface area contributed by atoms with E-state index < -0.39 is 6.09 Å². The van der Waals surface area contributed by atoms with Crippen molar-refractivity contribution in [3.8, 4) is 0 Å². The Hall–Kier alpha value is -1.69. The number of ether oxygens (including phenoxy) is 1. The van der Waals surface area contributed by atoms with Crippen LogP contribution in [0, 0.1) is 5.82 Å². The minimum Gasteiger partial charge on any atom is -0.450 e. The topological polar surface area (TPSA) is 50.4 Å². The number of rotatable bonds is 3.